The number of rotatable bonds is 73. The van der Waals surface area contributed by atoms with Crippen molar-refractivity contribution in [1.82, 2.24) is 0 Å². The summed E-state index contributed by atoms with van der Waals surface area (Å²) >= 11 is 0. The lowest BCUT2D eigenvalue weighted by Gasteiger charge is -2.24. The third-order valence-electron chi connectivity index (χ3n) is 17.7. The van der Waals surface area contributed by atoms with Gasteiger partial charge in [0.15, 0.2) is 6.10 Å². The number of quaternary nitrogens is 1. The van der Waals surface area contributed by atoms with Crippen LogP contribution in [-0.4, -0.2) is 74.9 Å². The van der Waals surface area contributed by atoms with Crippen molar-refractivity contribution in [1.29, 1.82) is 0 Å². The molecular formula is C78H151NO8P+. The molecular weight excluding hydrogens is 1110 g/mol. The molecule has 1 N–H and O–H groups in total. The lowest BCUT2D eigenvalue weighted by molar-refractivity contribution is -0.870. The van der Waals surface area contributed by atoms with Gasteiger partial charge < -0.3 is 18.9 Å². The molecule has 0 aliphatic rings. The molecule has 0 saturated carbocycles. The molecule has 0 spiro atoms. The van der Waals surface area contributed by atoms with Crippen LogP contribution in [0.1, 0.15) is 399 Å². The summed E-state index contributed by atoms with van der Waals surface area (Å²) in [5.74, 6) is -0.770. The Labute approximate surface area is 548 Å². The number of allylic oxidation sites excluding steroid dienone is 6. The first-order valence-corrected chi connectivity index (χ1v) is 40.2. The molecule has 2 unspecified atom stereocenters. The second-order valence-corrected chi connectivity index (χ2v) is 29.2. The number of esters is 2. The summed E-state index contributed by atoms with van der Waals surface area (Å²) in [5, 5.41) is 0. The minimum atomic E-state index is -4.39. The van der Waals surface area contributed by atoms with Crippen molar-refractivity contribution < 1.29 is 42.1 Å². The summed E-state index contributed by atoms with van der Waals surface area (Å²) in [7, 11) is 1.50. The van der Waals surface area contributed by atoms with Crippen molar-refractivity contribution in [2.45, 2.75) is 405 Å². The molecule has 0 heterocycles. The molecule has 10 heteroatoms. The number of carbonyl (C=O) groups excluding carboxylic acids is 2. The van der Waals surface area contributed by atoms with E-state index in [9.17, 15) is 19.0 Å². The fourth-order valence-corrected chi connectivity index (χ4v) is 12.5. The molecule has 88 heavy (non-hydrogen) atoms. The molecule has 0 rings (SSSR count). The van der Waals surface area contributed by atoms with Crippen LogP contribution in [0.2, 0.25) is 0 Å². The first-order chi connectivity index (χ1) is 43.0. The molecule has 0 aromatic heterocycles. The number of ether oxygens (including phenoxy) is 2. The molecule has 0 fully saturated rings. The molecule has 0 saturated heterocycles. The largest absolute Gasteiger partial charge is 0.472 e. The van der Waals surface area contributed by atoms with Gasteiger partial charge in [-0.05, 0) is 51.4 Å². The van der Waals surface area contributed by atoms with Crippen molar-refractivity contribution >= 4 is 19.8 Å². The Morgan fingerprint density at radius 3 is 0.909 bits per heavy atom. The molecule has 2 atom stereocenters. The lowest BCUT2D eigenvalue weighted by atomic mass is 10.0. The maximum absolute atomic E-state index is 12.9. The van der Waals surface area contributed by atoms with Crippen molar-refractivity contribution in [3.05, 3.63) is 36.5 Å². The van der Waals surface area contributed by atoms with Crippen LogP contribution < -0.4 is 0 Å². The van der Waals surface area contributed by atoms with E-state index in [1.54, 1.807) is 0 Å². The van der Waals surface area contributed by atoms with E-state index in [0.717, 1.165) is 51.4 Å². The Morgan fingerprint density at radius 1 is 0.352 bits per heavy atom. The van der Waals surface area contributed by atoms with E-state index in [-0.39, 0.29) is 25.6 Å². The predicted molar refractivity (Wildman–Crippen MR) is 381 cm³/mol. The molecule has 520 valence electrons. The van der Waals surface area contributed by atoms with Crippen molar-refractivity contribution in [2.75, 3.05) is 47.5 Å². The first-order valence-electron chi connectivity index (χ1n) is 38.7. The number of carbonyl (C=O) groups is 2. The van der Waals surface area contributed by atoms with Crippen LogP contribution in [0.3, 0.4) is 0 Å². The van der Waals surface area contributed by atoms with Gasteiger partial charge in [0.1, 0.15) is 19.8 Å². The molecule has 0 aromatic rings. The van der Waals surface area contributed by atoms with Crippen LogP contribution in [0.5, 0.6) is 0 Å². The zero-order chi connectivity index (χ0) is 64.1. The maximum atomic E-state index is 12.9. The van der Waals surface area contributed by atoms with E-state index >= 15 is 0 Å². The molecule has 9 nitrogen and oxygen atoms in total. The topological polar surface area (TPSA) is 108 Å². The zero-order valence-corrected chi connectivity index (χ0v) is 60.4. The summed E-state index contributed by atoms with van der Waals surface area (Å²) in [6.07, 6.45) is 90.0. The van der Waals surface area contributed by atoms with Crippen LogP contribution in [0, 0.1) is 0 Å². The van der Waals surface area contributed by atoms with E-state index in [2.05, 4.69) is 50.3 Å². The van der Waals surface area contributed by atoms with E-state index in [4.69, 9.17) is 18.5 Å². The van der Waals surface area contributed by atoms with Crippen LogP contribution >= 0.6 is 7.82 Å². The minimum Gasteiger partial charge on any atom is -0.462 e. The van der Waals surface area contributed by atoms with Crippen molar-refractivity contribution in [2.24, 2.45) is 0 Å². The van der Waals surface area contributed by atoms with Crippen molar-refractivity contribution in [3.8, 4) is 0 Å². The van der Waals surface area contributed by atoms with E-state index in [0.29, 0.717) is 17.4 Å². The zero-order valence-electron chi connectivity index (χ0n) is 59.5. The highest BCUT2D eigenvalue weighted by molar-refractivity contribution is 7.47. The summed E-state index contributed by atoms with van der Waals surface area (Å²) in [6, 6.07) is 0. The highest BCUT2D eigenvalue weighted by Crippen LogP contribution is 2.43. The monoisotopic (exact) mass is 1260 g/mol. The first kappa shape index (κ1) is 86.2. The molecule has 0 aliphatic carbocycles. The van der Waals surface area contributed by atoms with Gasteiger partial charge in [0.25, 0.3) is 0 Å². The Hall–Kier alpha value is -1.77. The lowest BCUT2D eigenvalue weighted by Crippen LogP contribution is -2.37. The SMILES string of the molecule is CCCCCCC/C=C\C/C=C\C/C=C\CCCCCCCCCCCCCCCCCCCCCCCCCCCCC(=O)OC(COC(=O)CCCCCCCCCCCCCCCCCCCCCCCCC)COP(=O)(O)OCC[N+](C)(C)C. The van der Waals surface area contributed by atoms with Crippen molar-refractivity contribution in [3.63, 3.8) is 0 Å². The number of hydrogen-bond acceptors (Lipinski definition) is 7. The fraction of sp³-hybridized carbons (Fsp3) is 0.897. The van der Waals surface area contributed by atoms with Crippen LogP contribution in [0.4, 0.5) is 0 Å². The Bertz CT molecular complexity index is 1580. The Morgan fingerprint density at radius 2 is 0.614 bits per heavy atom. The summed E-state index contributed by atoms with van der Waals surface area (Å²) in [4.78, 5) is 35.9. The van der Waals surface area contributed by atoms with Gasteiger partial charge in [-0.15, -0.1) is 0 Å². The maximum Gasteiger partial charge on any atom is 0.472 e. The average Bonchev–Trinajstić information content (AvgIpc) is 3.58. The number of likely N-dealkylation sites (N-methyl/N-ethyl adjacent to an activating group) is 1. The van der Waals surface area contributed by atoms with Gasteiger partial charge in [0, 0.05) is 12.8 Å². The third-order valence-corrected chi connectivity index (χ3v) is 18.7. The summed E-state index contributed by atoms with van der Waals surface area (Å²) in [5.41, 5.74) is 0. The second-order valence-electron chi connectivity index (χ2n) is 27.8. The van der Waals surface area contributed by atoms with Crippen LogP contribution in [0.15, 0.2) is 36.5 Å². The molecule has 0 radical (unpaired) electrons. The second kappa shape index (κ2) is 69.6. The normalized spacial score (nSPS) is 13.2. The number of phosphoric ester groups is 1. The molecule has 0 aromatic carbocycles. The van der Waals surface area contributed by atoms with Gasteiger partial charge in [-0.2, -0.15) is 0 Å². The van der Waals surface area contributed by atoms with E-state index < -0.39 is 26.5 Å². The molecule has 0 bridgehead atoms. The predicted octanol–water partition coefficient (Wildman–Crippen LogP) is 25.4. The minimum absolute atomic E-state index is 0.0359. The van der Waals surface area contributed by atoms with E-state index in [1.165, 1.54) is 321 Å². The number of unbranched alkanes of at least 4 members (excludes halogenated alkanes) is 53. The van der Waals surface area contributed by atoms with Gasteiger partial charge in [0.2, 0.25) is 0 Å². The Kier molecular flexibility index (Phi) is 68.2. The van der Waals surface area contributed by atoms with Gasteiger partial charge >= 0.3 is 19.8 Å². The standard InChI is InChI=1S/C78H150NO8P/c1-6-8-10-12-14-16-18-20-22-24-26-28-30-31-32-33-34-35-36-37-38-39-40-41-42-43-44-45-46-47-49-51-53-55-57-59-61-63-65-67-69-71-78(81)87-76(75-86-88(82,83)85-73-72-79(3,4)5)74-84-77(80)70-68-66-64-62-60-58-56-54-52-50-48-29-27-25-23-21-19-17-15-13-11-9-7-2/h18,20,24,26,30-31,76H,6-17,19,21-23,25,27-29,32-75H2,1-5H3/p+1/b20-18-,26-24-,31-30-. The number of phosphoric acid groups is 1. The Balaban J connectivity index is 3.88. The van der Waals surface area contributed by atoms with Gasteiger partial charge in [-0.25, -0.2) is 4.57 Å². The van der Waals surface area contributed by atoms with Gasteiger partial charge in [0.05, 0.1) is 27.7 Å². The number of nitrogens with zero attached hydrogens (tertiary/aromatic N) is 1. The van der Waals surface area contributed by atoms with Crippen LogP contribution in [0.25, 0.3) is 0 Å². The smallest absolute Gasteiger partial charge is 0.462 e. The summed E-state index contributed by atoms with van der Waals surface area (Å²) in [6.45, 7) is 4.50. The van der Waals surface area contributed by atoms with Gasteiger partial charge in [-0.1, -0.05) is 371 Å². The average molecular weight is 1260 g/mol. The fourth-order valence-electron chi connectivity index (χ4n) is 11.7. The third kappa shape index (κ3) is 73.3. The van der Waals surface area contributed by atoms with Crippen LogP contribution in [-0.2, 0) is 32.7 Å². The molecule has 0 amide bonds. The van der Waals surface area contributed by atoms with E-state index in [1.807, 2.05) is 21.1 Å². The summed E-state index contributed by atoms with van der Waals surface area (Å²) < 4.78 is 34.8. The molecule has 0 aliphatic heterocycles. The quantitative estimate of drug-likeness (QED) is 0.0211. The van der Waals surface area contributed by atoms with Gasteiger partial charge in [-0.3, -0.25) is 18.6 Å². The highest BCUT2D eigenvalue weighted by atomic mass is 31.2. The number of hydrogen-bond donors (Lipinski definition) is 1. The highest BCUT2D eigenvalue weighted by Gasteiger charge is 2.27.